The number of benzene rings is 7. The zero-order valence-electron chi connectivity index (χ0n) is 60.6. The van der Waals surface area contributed by atoms with Gasteiger partial charge in [0.2, 0.25) is 0 Å². The summed E-state index contributed by atoms with van der Waals surface area (Å²) in [6, 6.07) is 34.9. The molecule has 0 bridgehead atoms. The van der Waals surface area contributed by atoms with E-state index in [0.717, 1.165) is 77.2 Å². The lowest BCUT2D eigenvalue weighted by Crippen LogP contribution is -2.15. The first-order valence-electron chi connectivity index (χ1n) is 34.9. The Hall–Kier alpha value is -5.78. The van der Waals surface area contributed by atoms with Gasteiger partial charge >= 0.3 is 0 Å². The summed E-state index contributed by atoms with van der Waals surface area (Å²) in [5.74, 6) is 0. The van der Waals surface area contributed by atoms with Crippen molar-refractivity contribution in [2.45, 2.75) is 86.8 Å². The van der Waals surface area contributed by atoms with E-state index < -0.39 is 40.5 Å². The lowest BCUT2D eigenvalue weighted by Gasteiger charge is -2.20. The lowest BCUT2D eigenvalue weighted by molar-refractivity contribution is 0.00968. The third kappa shape index (κ3) is 30.1. The van der Waals surface area contributed by atoms with Gasteiger partial charge in [0.1, 0.15) is 0 Å². The van der Waals surface area contributed by atoms with Gasteiger partial charge in [-0.05, 0) is 171 Å². The molecule has 28 heteroatoms. The van der Waals surface area contributed by atoms with E-state index in [0.29, 0.717) is 131 Å². The Morgan fingerprint density at radius 2 is 0.346 bits per heavy atom. The van der Waals surface area contributed by atoms with Gasteiger partial charge in [-0.25, -0.2) is 0 Å². The normalized spacial score (nSPS) is 12.4. The largest absolute Gasteiger partial charge is 0.379 e. The smallest absolute Gasteiger partial charge is 0.297 e. The topological polar surface area (TPSA) is 284 Å². The highest BCUT2D eigenvalue weighted by Gasteiger charge is 2.20. The SMILES string of the molecule is Cc1ccc(S(=O)(=O)OCCOCCOCCOCCc2cc3c(C)c4cc(CCOCCOCCOCCOS(=O)(=O)c5ccc(C)cc5)c(CCOCCOCCOCCOS(=O)(=O)c5ccc(C)cc5)cc4c(C)c3cc2CCOCCOCCOCCOS(=O)(=O)c2ccc(C)cc2)cc1. The van der Waals surface area contributed by atoms with Crippen molar-refractivity contribution < 1.29 is 107 Å². The molecule has 0 amide bonds. The van der Waals surface area contributed by atoms with E-state index in [-0.39, 0.29) is 98.9 Å². The van der Waals surface area contributed by atoms with Gasteiger partial charge in [-0.3, -0.25) is 16.7 Å². The summed E-state index contributed by atoms with van der Waals surface area (Å²) in [5.41, 5.74) is 10.5. The van der Waals surface area contributed by atoms with Crippen LogP contribution >= 0.6 is 0 Å². The van der Waals surface area contributed by atoms with E-state index in [1.54, 1.807) is 48.5 Å². The molecule has 24 nitrogen and oxygen atoms in total. The molecule has 574 valence electrons. The molecule has 7 aromatic carbocycles. The van der Waals surface area contributed by atoms with Gasteiger partial charge in [0.15, 0.2) is 0 Å². The summed E-state index contributed by atoms with van der Waals surface area (Å²) >= 11 is 0. The molecule has 0 unspecified atom stereocenters. The van der Waals surface area contributed by atoms with Gasteiger partial charge in [-0.1, -0.05) is 95.1 Å². The van der Waals surface area contributed by atoms with Gasteiger partial charge in [0.25, 0.3) is 40.5 Å². The number of aryl methyl sites for hydroxylation is 6. The number of rotatable bonds is 56. The van der Waals surface area contributed by atoms with Crippen LogP contribution in [0.5, 0.6) is 0 Å². The molecule has 0 saturated carbocycles. The zero-order valence-corrected chi connectivity index (χ0v) is 63.9. The number of hydrogen-bond donors (Lipinski definition) is 0. The standard InChI is InChI=1S/C76H102O24S4/c1-59-7-15-69(16-8-59)101(77,78)97-51-47-93-43-39-89-35-31-85-27-23-65-55-73-63(5)75-57-67(25-29-87-33-37-91-41-45-95-49-53-99-103(81,82)71-19-11-61(3)12-20-71)68(26-30-88-34-38-92-42-46-96-50-54-100-104(83,84)72-21-13-62(4)14-22-72)58-76(75)64(6)74(73)56-66(65)24-28-86-32-36-90-40-44-94-48-52-98-102(79,80)70-17-9-60(2)10-18-70/h7-22,55-58H,23-54H2,1-6H3. The molecule has 0 heterocycles. The monoisotopic (exact) mass is 1530 g/mol. The second kappa shape index (κ2) is 45.8. The van der Waals surface area contributed by atoms with Crippen LogP contribution in [0.2, 0.25) is 0 Å². The molecule has 0 radical (unpaired) electrons. The van der Waals surface area contributed by atoms with Crippen LogP contribution in [-0.4, -0.2) is 219 Å². The number of fused-ring (bicyclic) bond motifs is 2. The maximum absolute atomic E-state index is 12.5. The van der Waals surface area contributed by atoms with Crippen molar-refractivity contribution in [3.63, 3.8) is 0 Å². The van der Waals surface area contributed by atoms with Crippen molar-refractivity contribution in [3.8, 4) is 0 Å². The van der Waals surface area contributed by atoms with Crippen LogP contribution < -0.4 is 0 Å². The molecule has 0 spiro atoms. The molecule has 104 heavy (non-hydrogen) atoms. The van der Waals surface area contributed by atoms with E-state index in [9.17, 15) is 33.7 Å². The molecule has 0 aliphatic rings. The summed E-state index contributed by atoms with van der Waals surface area (Å²) < 4.78 is 190. The summed E-state index contributed by atoms with van der Waals surface area (Å²) in [4.78, 5) is 0.363. The van der Waals surface area contributed by atoms with Crippen LogP contribution in [0.3, 0.4) is 0 Å². The second-order valence-electron chi connectivity index (χ2n) is 24.3. The van der Waals surface area contributed by atoms with Gasteiger partial charge in [-0.2, -0.15) is 33.7 Å². The Morgan fingerprint density at radius 3 is 0.510 bits per heavy atom. The average Bonchev–Trinajstić information content (AvgIpc) is 0.744. The highest BCUT2D eigenvalue weighted by molar-refractivity contribution is 7.87. The fraction of sp³-hybridized carbons (Fsp3) is 0.500. The molecule has 7 rings (SSSR count). The van der Waals surface area contributed by atoms with Gasteiger partial charge in [0, 0.05) is 0 Å². The Morgan fingerprint density at radius 1 is 0.202 bits per heavy atom. The van der Waals surface area contributed by atoms with E-state index in [4.69, 9.17) is 73.6 Å². The molecule has 0 aliphatic heterocycles. The third-order valence-electron chi connectivity index (χ3n) is 16.4. The van der Waals surface area contributed by atoms with E-state index in [2.05, 4.69) is 38.1 Å². The predicted molar refractivity (Wildman–Crippen MR) is 393 cm³/mol. The maximum Gasteiger partial charge on any atom is 0.297 e. The highest BCUT2D eigenvalue weighted by atomic mass is 32.2. The van der Waals surface area contributed by atoms with E-state index in [1.165, 1.54) is 48.5 Å². The third-order valence-corrected chi connectivity index (χ3v) is 21.7. The van der Waals surface area contributed by atoms with Crippen LogP contribution in [0.1, 0.15) is 55.6 Å². The molecule has 0 fully saturated rings. The van der Waals surface area contributed by atoms with Crippen molar-refractivity contribution in [2.24, 2.45) is 0 Å². The Labute approximate surface area is 614 Å². The minimum Gasteiger partial charge on any atom is -0.379 e. The fourth-order valence-electron chi connectivity index (χ4n) is 10.6. The molecule has 0 saturated heterocycles. The van der Waals surface area contributed by atoms with Crippen molar-refractivity contribution in [1.29, 1.82) is 0 Å². The molecular weight excluding hydrogens is 1430 g/mol. The Balaban J connectivity index is 0.928. The van der Waals surface area contributed by atoms with Gasteiger partial charge in [-0.15, -0.1) is 0 Å². The van der Waals surface area contributed by atoms with Crippen molar-refractivity contribution >= 4 is 62.0 Å². The molecular formula is C76H102O24S4. The first-order chi connectivity index (χ1) is 50.1. The quantitative estimate of drug-likeness (QED) is 0.0195. The fourth-order valence-corrected chi connectivity index (χ4v) is 14.2. The van der Waals surface area contributed by atoms with Crippen LogP contribution in [0.15, 0.2) is 141 Å². The van der Waals surface area contributed by atoms with Gasteiger partial charge < -0.3 is 56.8 Å². The number of ether oxygens (including phenoxy) is 12. The van der Waals surface area contributed by atoms with Crippen LogP contribution in [-0.2, 0) is 140 Å². The van der Waals surface area contributed by atoms with Crippen LogP contribution in [0, 0.1) is 41.5 Å². The maximum atomic E-state index is 12.5. The predicted octanol–water partition coefficient (Wildman–Crippen LogP) is 9.83. The summed E-state index contributed by atoms with van der Waals surface area (Å²) in [6.45, 7) is 18.3. The second-order valence-corrected chi connectivity index (χ2v) is 30.7. The minimum atomic E-state index is -3.88. The van der Waals surface area contributed by atoms with Crippen molar-refractivity contribution in [2.75, 3.05) is 185 Å². The first kappa shape index (κ1) is 85.5. The lowest BCUT2D eigenvalue weighted by atomic mass is 9.86. The number of hydrogen-bond acceptors (Lipinski definition) is 24. The minimum absolute atomic E-state index is 0.0815. The summed E-state index contributed by atoms with van der Waals surface area (Å²) in [6.07, 6.45) is 2.48. The van der Waals surface area contributed by atoms with E-state index >= 15 is 0 Å². The molecule has 0 aromatic heterocycles. The summed E-state index contributed by atoms with van der Waals surface area (Å²) in [5, 5.41) is 4.48. The van der Waals surface area contributed by atoms with E-state index in [1.807, 2.05) is 27.7 Å². The Bertz CT molecular complexity index is 3610. The van der Waals surface area contributed by atoms with Crippen LogP contribution in [0.4, 0.5) is 0 Å². The van der Waals surface area contributed by atoms with Gasteiger partial charge in [0.05, 0.1) is 205 Å². The van der Waals surface area contributed by atoms with Crippen molar-refractivity contribution in [1.82, 2.24) is 0 Å². The average molecular weight is 1530 g/mol. The highest BCUT2D eigenvalue weighted by Crippen LogP contribution is 2.36. The Kier molecular flexibility index (Phi) is 37.6. The molecule has 7 aromatic rings. The first-order valence-corrected chi connectivity index (χ1v) is 40.5. The van der Waals surface area contributed by atoms with Crippen LogP contribution in [0.25, 0.3) is 21.5 Å². The zero-order chi connectivity index (χ0) is 74.5. The molecule has 0 atom stereocenters. The summed E-state index contributed by atoms with van der Waals surface area (Å²) in [7, 11) is -15.5. The molecule has 0 aliphatic carbocycles. The van der Waals surface area contributed by atoms with Crippen molar-refractivity contribution in [3.05, 3.63) is 177 Å². The molecule has 0 N–H and O–H groups in total.